The Labute approximate surface area is 155 Å². The standard InChI is InChI=1S/C20H24N2O3S/c1-14-12-15(2)19(16(3)13-14)21-26(24,25)18-8-6-17(7-9-18)20(23)22-10-4-5-11-22/h6-9,12-13,21H,4-5,10-11H2,1-3H3. The number of hydrogen-bond acceptors (Lipinski definition) is 3. The van der Waals surface area contributed by atoms with Gasteiger partial charge in [0.1, 0.15) is 0 Å². The number of amides is 1. The molecule has 26 heavy (non-hydrogen) atoms. The molecule has 1 N–H and O–H groups in total. The second-order valence-corrected chi connectivity index (χ2v) is 8.59. The van der Waals surface area contributed by atoms with E-state index in [2.05, 4.69) is 4.72 Å². The van der Waals surface area contributed by atoms with Crippen LogP contribution in [0.25, 0.3) is 0 Å². The first-order valence-electron chi connectivity index (χ1n) is 8.78. The number of nitrogens with zero attached hydrogens (tertiary/aromatic N) is 1. The van der Waals surface area contributed by atoms with Gasteiger partial charge in [-0.1, -0.05) is 17.7 Å². The van der Waals surface area contributed by atoms with Gasteiger partial charge in [0.2, 0.25) is 0 Å². The van der Waals surface area contributed by atoms with Gasteiger partial charge < -0.3 is 4.90 Å². The third-order valence-electron chi connectivity index (χ3n) is 4.72. The summed E-state index contributed by atoms with van der Waals surface area (Å²) in [6, 6.07) is 10.1. The maximum Gasteiger partial charge on any atom is 0.261 e. The van der Waals surface area contributed by atoms with Crippen LogP contribution in [0.1, 0.15) is 39.9 Å². The van der Waals surface area contributed by atoms with Gasteiger partial charge in [0.05, 0.1) is 10.6 Å². The number of carbonyl (C=O) groups excluding carboxylic acids is 1. The van der Waals surface area contributed by atoms with Crippen LogP contribution in [-0.4, -0.2) is 32.3 Å². The van der Waals surface area contributed by atoms with E-state index in [0.29, 0.717) is 11.3 Å². The third kappa shape index (κ3) is 3.75. The molecule has 3 rings (SSSR count). The topological polar surface area (TPSA) is 66.5 Å². The van der Waals surface area contributed by atoms with Crippen LogP contribution in [0.5, 0.6) is 0 Å². The number of benzene rings is 2. The minimum Gasteiger partial charge on any atom is -0.339 e. The van der Waals surface area contributed by atoms with E-state index in [0.717, 1.165) is 42.6 Å². The van der Waals surface area contributed by atoms with E-state index in [4.69, 9.17) is 0 Å². The van der Waals surface area contributed by atoms with Crippen molar-refractivity contribution in [1.82, 2.24) is 4.90 Å². The van der Waals surface area contributed by atoms with Crippen molar-refractivity contribution in [3.05, 3.63) is 58.7 Å². The lowest BCUT2D eigenvalue weighted by molar-refractivity contribution is 0.0792. The molecule has 0 aromatic heterocycles. The first kappa shape index (κ1) is 18.5. The van der Waals surface area contributed by atoms with Gasteiger partial charge in [-0.05, 0) is 69.0 Å². The van der Waals surface area contributed by atoms with Gasteiger partial charge in [0, 0.05) is 18.7 Å². The Bertz CT molecular complexity index is 905. The van der Waals surface area contributed by atoms with Crippen LogP contribution in [-0.2, 0) is 10.0 Å². The lowest BCUT2D eigenvalue weighted by Gasteiger charge is -2.16. The Morgan fingerprint density at radius 3 is 2.04 bits per heavy atom. The van der Waals surface area contributed by atoms with Crippen LogP contribution in [0, 0.1) is 20.8 Å². The number of nitrogens with one attached hydrogen (secondary N) is 1. The summed E-state index contributed by atoms with van der Waals surface area (Å²) in [5, 5.41) is 0. The Kier molecular flexibility index (Phi) is 5.05. The van der Waals surface area contributed by atoms with Gasteiger partial charge >= 0.3 is 0 Å². The molecule has 2 aromatic rings. The average Bonchev–Trinajstić information content (AvgIpc) is 3.12. The highest BCUT2D eigenvalue weighted by Gasteiger charge is 2.21. The summed E-state index contributed by atoms with van der Waals surface area (Å²) in [6.07, 6.45) is 2.05. The molecule has 0 saturated carbocycles. The number of anilines is 1. The summed E-state index contributed by atoms with van der Waals surface area (Å²) in [4.78, 5) is 14.3. The lowest BCUT2D eigenvalue weighted by atomic mass is 10.1. The maximum atomic E-state index is 12.7. The molecule has 0 unspecified atom stereocenters. The zero-order valence-electron chi connectivity index (χ0n) is 15.4. The molecule has 0 aliphatic carbocycles. The van der Waals surface area contributed by atoms with Crippen molar-refractivity contribution in [2.75, 3.05) is 17.8 Å². The van der Waals surface area contributed by atoms with E-state index in [1.165, 1.54) is 12.1 Å². The molecule has 1 aliphatic heterocycles. The van der Waals surface area contributed by atoms with Crippen molar-refractivity contribution in [2.24, 2.45) is 0 Å². The van der Waals surface area contributed by atoms with E-state index in [-0.39, 0.29) is 10.8 Å². The fourth-order valence-corrected chi connectivity index (χ4v) is 4.62. The van der Waals surface area contributed by atoms with Crippen LogP contribution in [0.2, 0.25) is 0 Å². The lowest BCUT2D eigenvalue weighted by Crippen LogP contribution is -2.27. The third-order valence-corrected chi connectivity index (χ3v) is 6.08. The van der Waals surface area contributed by atoms with Crippen LogP contribution < -0.4 is 4.72 Å². The second-order valence-electron chi connectivity index (χ2n) is 6.90. The highest BCUT2D eigenvalue weighted by molar-refractivity contribution is 7.92. The molecule has 1 fully saturated rings. The zero-order chi connectivity index (χ0) is 18.9. The van der Waals surface area contributed by atoms with Crippen molar-refractivity contribution in [3.63, 3.8) is 0 Å². The molecular formula is C20H24N2O3S. The molecule has 0 radical (unpaired) electrons. The van der Waals surface area contributed by atoms with Crippen LogP contribution >= 0.6 is 0 Å². The van der Waals surface area contributed by atoms with E-state index < -0.39 is 10.0 Å². The van der Waals surface area contributed by atoms with Crippen molar-refractivity contribution in [3.8, 4) is 0 Å². The minimum absolute atomic E-state index is 0.0374. The summed E-state index contributed by atoms with van der Waals surface area (Å²) in [6.45, 7) is 7.29. The van der Waals surface area contributed by atoms with E-state index in [1.807, 2.05) is 32.9 Å². The number of carbonyl (C=O) groups is 1. The normalized spacial score (nSPS) is 14.5. The monoisotopic (exact) mass is 372 g/mol. The summed E-state index contributed by atoms with van der Waals surface area (Å²) in [5.41, 5.74) is 3.98. The number of hydrogen-bond donors (Lipinski definition) is 1. The zero-order valence-corrected chi connectivity index (χ0v) is 16.2. The summed E-state index contributed by atoms with van der Waals surface area (Å²) < 4.78 is 28.1. The molecule has 1 aliphatic rings. The van der Waals surface area contributed by atoms with E-state index in [1.54, 1.807) is 17.0 Å². The molecule has 2 aromatic carbocycles. The number of rotatable bonds is 4. The fourth-order valence-electron chi connectivity index (χ4n) is 3.41. The SMILES string of the molecule is Cc1cc(C)c(NS(=O)(=O)c2ccc(C(=O)N3CCCC3)cc2)c(C)c1. The molecule has 5 nitrogen and oxygen atoms in total. The molecule has 0 atom stereocenters. The van der Waals surface area contributed by atoms with Crippen LogP contribution in [0.4, 0.5) is 5.69 Å². The van der Waals surface area contributed by atoms with Gasteiger partial charge in [-0.2, -0.15) is 0 Å². The largest absolute Gasteiger partial charge is 0.339 e. The Morgan fingerprint density at radius 2 is 1.50 bits per heavy atom. The quantitative estimate of drug-likeness (QED) is 0.891. The first-order chi connectivity index (χ1) is 12.3. The van der Waals surface area contributed by atoms with Crippen molar-refractivity contribution in [1.29, 1.82) is 0 Å². The summed E-state index contributed by atoms with van der Waals surface area (Å²) >= 11 is 0. The van der Waals surface area contributed by atoms with Crippen molar-refractivity contribution < 1.29 is 13.2 Å². The highest BCUT2D eigenvalue weighted by Crippen LogP contribution is 2.25. The van der Waals surface area contributed by atoms with Gasteiger partial charge in [-0.3, -0.25) is 9.52 Å². The second kappa shape index (κ2) is 7.11. The molecule has 1 heterocycles. The Balaban J connectivity index is 1.83. The molecule has 0 bridgehead atoms. The minimum atomic E-state index is -3.71. The molecule has 1 amide bonds. The summed E-state index contributed by atoms with van der Waals surface area (Å²) in [7, 11) is -3.71. The highest BCUT2D eigenvalue weighted by atomic mass is 32.2. The summed E-state index contributed by atoms with van der Waals surface area (Å²) in [5.74, 6) is -0.0374. The van der Waals surface area contributed by atoms with Crippen molar-refractivity contribution in [2.45, 2.75) is 38.5 Å². The Morgan fingerprint density at radius 1 is 0.962 bits per heavy atom. The molecule has 138 valence electrons. The van der Waals surface area contributed by atoms with Crippen molar-refractivity contribution >= 4 is 21.6 Å². The molecular weight excluding hydrogens is 348 g/mol. The van der Waals surface area contributed by atoms with Crippen LogP contribution in [0.15, 0.2) is 41.3 Å². The van der Waals surface area contributed by atoms with Gasteiger partial charge in [-0.15, -0.1) is 0 Å². The maximum absolute atomic E-state index is 12.7. The molecule has 1 saturated heterocycles. The molecule has 0 spiro atoms. The van der Waals surface area contributed by atoms with E-state index >= 15 is 0 Å². The smallest absolute Gasteiger partial charge is 0.261 e. The van der Waals surface area contributed by atoms with Gasteiger partial charge in [-0.25, -0.2) is 8.42 Å². The Hall–Kier alpha value is -2.34. The predicted octanol–water partition coefficient (Wildman–Crippen LogP) is 3.65. The predicted molar refractivity (Wildman–Crippen MR) is 103 cm³/mol. The number of aryl methyl sites for hydroxylation is 3. The number of likely N-dealkylation sites (tertiary alicyclic amines) is 1. The average molecular weight is 372 g/mol. The van der Waals surface area contributed by atoms with Crippen LogP contribution in [0.3, 0.4) is 0 Å². The fraction of sp³-hybridized carbons (Fsp3) is 0.350. The van der Waals surface area contributed by atoms with Gasteiger partial charge in [0.15, 0.2) is 0 Å². The van der Waals surface area contributed by atoms with E-state index in [9.17, 15) is 13.2 Å². The molecule has 6 heteroatoms. The van der Waals surface area contributed by atoms with Gasteiger partial charge in [0.25, 0.3) is 15.9 Å². The first-order valence-corrected chi connectivity index (χ1v) is 10.3. The number of sulfonamides is 1.